The third kappa shape index (κ3) is 3.78. The predicted molar refractivity (Wildman–Crippen MR) is 72.0 cm³/mol. The Morgan fingerprint density at radius 3 is 2.63 bits per heavy atom. The van der Waals surface area contributed by atoms with Crippen molar-refractivity contribution in [2.45, 2.75) is 6.42 Å². The molecule has 0 aromatic heterocycles. The van der Waals surface area contributed by atoms with E-state index < -0.39 is 11.6 Å². The second-order valence-electron chi connectivity index (χ2n) is 4.14. The zero-order valence-electron chi connectivity index (χ0n) is 10.1. The van der Waals surface area contributed by atoms with Gasteiger partial charge >= 0.3 is 0 Å². The van der Waals surface area contributed by atoms with Crippen LogP contribution >= 0.6 is 24.0 Å². The minimum absolute atomic E-state index is 0. The molecule has 1 heterocycles. The van der Waals surface area contributed by atoms with E-state index in [2.05, 4.69) is 5.32 Å². The van der Waals surface area contributed by atoms with Gasteiger partial charge in [0.2, 0.25) is 0 Å². The number of carbonyl (C=O) groups is 1. The van der Waals surface area contributed by atoms with Crippen molar-refractivity contribution in [1.82, 2.24) is 10.2 Å². The number of amides is 1. The monoisotopic (exact) mass is 310 g/mol. The quantitative estimate of drug-likeness (QED) is 0.808. The average Bonchev–Trinajstić information content (AvgIpc) is 2.61. The molecule has 1 fully saturated rings. The molecule has 0 unspecified atom stereocenters. The third-order valence-corrected chi connectivity index (χ3v) is 3.18. The smallest absolute Gasteiger partial charge is 0.255 e. The summed E-state index contributed by atoms with van der Waals surface area (Å²) in [6, 6.07) is 1.69. The SMILES string of the molecule is Cl.O=C(c1cc(F)c(F)cc1Cl)N1CCCNCC1. The maximum Gasteiger partial charge on any atom is 0.255 e. The van der Waals surface area contributed by atoms with Gasteiger partial charge in [-0.2, -0.15) is 0 Å². The van der Waals surface area contributed by atoms with Crippen LogP contribution in [0.5, 0.6) is 0 Å². The molecule has 1 aromatic carbocycles. The van der Waals surface area contributed by atoms with Gasteiger partial charge in [0.1, 0.15) is 0 Å². The third-order valence-electron chi connectivity index (χ3n) is 2.87. The van der Waals surface area contributed by atoms with Crippen LogP contribution in [0, 0.1) is 11.6 Å². The molecule has 2 rings (SSSR count). The van der Waals surface area contributed by atoms with Crippen molar-refractivity contribution in [3.05, 3.63) is 34.4 Å². The van der Waals surface area contributed by atoms with E-state index in [1.165, 1.54) is 0 Å². The maximum absolute atomic E-state index is 13.2. The molecule has 0 bridgehead atoms. The van der Waals surface area contributed by atoms with E-state index >= 15 is 0 Å². The zero-order valence-corrected chi connectivity index (χ0v) is 11.7. The van der Waals surface area contributed by atoms with Crippen LogP contribution in [0.2, 0.25) is 5.02 Å². The van der Waals surface area contributed by atoms with Crippen LogP contribution in [-0.2, 0) is 0 Å². The summed E-state index contributed by atoms with van der Waals surface area (Å²) in [6.07, 6.45) is 0.826. The van der Waals surface area contributed by atoms with Crippen LogP contribution in [0.3, 0.4) is 0 Å². The Labute approximate surface area is 121 Å². The number of rotatable bonds is 1. The molecular formula is C12H14Cl2F2N2O. The van der Waals surface area contributed by atoms with Gasteiger partial charge in [0, 0.05) is 19.6 Å². The summed E-state index contributed by atoms with van der Waals surface area (Å²) in [4.78, 5) is 13.8. The van der Waals surface area contributed by atoms with Gasteiger partial charge in [-0.15, -0.1) is 12.4 Å². The number of halogens is 4. The lowest BCUT2D eigenvalue weighted by Gasteiger charge is -2.20. The number of carbonyl (C=O) groups excluding carboxylic acids is 1. The second-order valence-corrected chi connectivity index (χ2v) is 4.55. The second kappa shape index (κ2) is 7.03. The molecule has 19 heavy (non-hydrogen) atoms. The molecule has 1 amide bonds. The molecule has 1 N–H and O–H groups in total. The van der Waals surface area contributed by atoms with E-state index in [4.69, 9.17) is 11.6 Å². The van der Waals surface area contributed by atoms with Gasteiger partial charge in [0.25, 0.3) is 5.91 Å². The number of benzene rings is 1. The maximum atomic E-state index is 13.2. The molecule has 106 valence electrons. The Balaban J connectivity index is 0.00000180. The molecular weight excluding hydrogens is 297 g/mol. The topological polar surface area (TPSA) is 32.3 Å². The lowest BCUT2D eigenvalue weighted by atomic mass is 10.1. The summed E-state index contributed by atoms with van der Waals surface area (Å²) < 4.78 is 26.1. The predicted octanol–water partition coefficient (Wildman–Crippen LogP) is 2.48. The van der Waals surface area contributed by atoms with Crippen molar-refractivity contribution in [3.8, 4) is 0 Å². The highest BCUT2D eigenvalue weighted by Crippen LogP contribution is 2.21. The van der Waals surface area contributed by atoms with Crippen LogP contribution in [0.25, 0.3) is 0 Å². The highest BCUT2D eigenvalue weighted by molar-refractivity contribution is 6.33. The standard InChI is InChI=1S/C12H13ClF2N2O.ClH/c13-9-7-11(15)10(14)6-8(9)12(18)17-4-1-2-16-3-5-17;/h6-7,16H,1-5H2;1H. The summed E-state index contributed by atoms with van der Waals surface area (Å²) in [7, 11) is 0. The van der Waals surface area contributed by atoms with Gasteiger partial charge < -0.3 is 10.2 Å². The molecule has 1 aliphatic rings. The molecule has 0 saturated carbocycles. The first-order valence-electron chi connectivity index (χ1n) is 5.74. The Morgan fingerprint density at radius 1 is 1.21 bits per heavy atom. The first-order chi connectivity index (χ1) is 8.59. The van der Waals surface area contributed by atoms with Crippen molar-refractivity contribution < 1.29 is 13.6 Å². The molecule has 0 radical (unpaired) electrons. The number of nitrogens with zero attached hydrogens (tertiary/aromatic N) is 1. The van der Waals surface area contributed by atoms with Crippen LogP contribution < -0.4 is 5.32 Å². The lowest BCUT2D eigenvalue weighted by Crippen LogP contribution is -2.34. The molecule has 0 atom stereocenters. The van der Waals surface area contributed by atoms with Crippen LogP contribution in [0.4, 0.5) is 8.78 Å². The average molecular weight is 311 g/mol. The largest absolute Gasteiger partial charge is 0.337 e. The summed E-state index contributed by atoms with van der Waals surface area (Å²) in [6.45, 7) is 2.65. The van der Waals surface area contributed by atoms with Crippen molar-refractivity contribution in [1.29, 1.82) is 0 Å². The fourth-order valence-corrected chi connectivity index (χ4v) is 2.14. The van der Waals surface area contributed by atoms with Gasteiger partial charge in [0.05, 0.1) is 10.6 Å². The first-order valence-corrected chi connectivity index (χ1v) is 6.12. The van der Waals surface area contributed by atoms with E-state index in [0.29, 0.717) is 19.6 Å². The van der Waals surface area contributed by atoms with E-state index in [-0.39, 0.29) is 28.9 Å². The first kappa shape index (κ1) is 16.1. The molecule has 1 aliphatic heterocycles. The zero-order chi connectivity index (χ0) is 13.1. The van der Waals surface area contributed by atoms with Crippen molar-refractivity contribution in [2.24, 2.45) is 0 Å². The van der Waals surface area contributed by atoms with Crippen LogP contribution in [0.1, 0.15) is 16.8 Å². The fourth-order valence-electron chi connectivity index (χ4n) is 1.91. The highest BCUT2D eigenvalue weighted by atomic mass is 35.5. The van der Waals surface area contributed by atoms with Gasteiger partial charge in [-0.25, -0.2) is 8.78 Å². The summed E-state index contributed by atoms with van der Waals surface area (Å²) in [5.41, 5.74) is 0.0115. The molecule has 7 heteroatoms. The van der Waals surface area contributed by atoms with E-state index in [0.717, 1.165) is 25.1 Å². The number of hydrogen-bond acceptors (Lipinski definition) is 2. The van der Waals surface area contributed by atoms with E-state index in [9.17, 15) is 13.6 Å². The molecule has 3 nitrogen and oxygen atoms in total. The van der Waals surface area contributed by atoms with Gasteiger partial charge in [-0.05, 0) is 25.1 Å². The van der Waals surface area contributed by atoms with Crippen molar-refractivity contribution >= 4 is 29.9 Å². The Hall–Kier alpha value is -0.910. The van der Waals surface area contributed by atoms with E-state index in [1.54, 1.807) is 4.90 Å². The molecule has 0 aliphatic carbocycles. The Kier molecular flexibility index (Phi) is 5.97. The van der Waals surface area contributed by atoms with Crippen LogP contribution in [-0.4, -0.2) is 37.0 Å². The van der Waals surface area contributed by atoms with Crippen LogP contribution in [0.15, 0.2) is 12.1 Å². The normalized spacial score (nSPS) is 15.6. The summed E-state index contributed by atoms with van der Waals surface area (Å²) in [5, 5.41) is 3.10. The summed E-state index contributed by atoms with van der Waals surface area (Å²) in [5.74, 6) is -2.47. The Bertz CT molecular complexity index is 463. The van der Waals surface area contributed by atoms with E-state index in [1.807, 2.05) is 0 Å². The molecule has 0 spiro atoms. The summed E-state index contributed by atoms with van der Waals surface area (Å²) >= 11 is 5.79. The number of nitrogens with one attached hydrogen (secondary N) is 1. The fraction of sp³-hybridized carbons (Fsp3) is 0.417. The van der Waals surface area contributed by atoms with Gasteiger partial charge in [-0.1, -0.05) is 11.6 Å². The van der Waals surface area contributed by atoms with Crippen molar-refractivity contribution in [2.75, 3.05) is 26.2 Å². The van der Waals surface area contributed by atoms with Gasteiger partial charge in [0.15, 0.2) is 11.6 Å². The highest BCUT2D eigenvalue weighted by Gasteiger charge is 2.21. The number of hydrogen-bond donors (Lipinski definition) is 1. The van der Waals surface area contributed by atoms with Crippen molar-refractivity contribution in [3.63, 3.8) is 0 Å². The Morgan fingerprint density at radius 2 is 1.89 bits per heavy atom. The minimum Gasteiger partial charge on any atom is -0.337 e. The minimum atomic E-state index is -1.06. The molecule has 1 saturated heterocycles. The lowest BCUT2D eigenvalue weighted by molar-refractivity contribution is 0.0766. The molecule has 1 aromatic rings. The van der Waals surface area contributed by atoms with Gasteiger partial charge in [-0.3, -0.25) is 4.79 Å².